The van der Waals surface area contributed by atoms with Crippen molar-refractivity contribution >= 4 is 0 Å². The number of hydrogen-bond acceptors (Lipinski definition) is 5. The van der Waals surface area contributed by atoms with Crippen LogP contribution in [0.5, 0.6) is 0 Å². The van der Waals surface area contributed by atoms with E-state index in [9.17, 15) is 0 Å². The molecule has 4 aromatic rings. The fourth-order valence-electron chi connectivity index (χ4n) is 3.48. The summed E-state index contributed by atoms with van der Waals surface area (Å²) in [6.07, 6.45) is 7.57. The van der Waals surface area contributed by atoms with E-state index >= 15 is 0 Å². The largest absolute Gasteiger partial charge is 0.333 e. The van der Waals surface area contributed by atoms with Gasteiger partial charge in [0.1, 0.15) is 0 Å². The van der Waals surface area contributed by atoms with Crippen LogP contribution in [-0.4, -0.2) is 24.9 Å². The van der Waals surface area contributed by atoms with Gasteiger partial charge in [0.25, 0.3) is 5.89 Å². The molecule has 0 spiro atoms. The average Bonchev–Trinajstić information content (AvgIpc) is 3.35. The molecule has 0 atom stereocenters. The maximum atomic E-state index is 5.66. The first kappa shape index (κ1) is 20.0. The highest BCUT2D eigenvalue weighted by Crippen LogP contribution is 2.33. The summed E-state index contributed by atoms with van der Waals surface area (Å²) in [5.41, 5.74) is 5.13. The van der Waals surface area contributed by atoms with E-state index < -0.39 is 0 Å². The number of aryl methyl sites for hydroxylation is 1. The monoisotopic (exact) mass is 401 g/mol. The van der Waals surface area contributed by atoms with Gasteiger partial charge in [-0.3, -0.25) is 9.67 Å². The highest BCUT2D eigenvalue weighted by atomic mass is 16.5. The first-order valence-corrected chi connectivity index (χ1v) is 10.3. The summed E-state index contributed by atoms with van der Waals surface area (Å²) >= 11 is 0. The van der Waals surface area contributed by atoms with Crippen molar-refractivity contribution in [1.82, 2.24) is 24.9 Å². The molecule has 6 heteroatoms. The maximum absolute atomic E-state index is 5.66. The second-order valence-corrected chi connectivity index (χ2v) is 8.73. The van der Waals surface area contributed by atoms with Gasteiger partial charge in [0.05, 0.1) is 17.5 Å². The molecule has 30 heavy (non-hydrogen) atoms. The summed E-state index contributed by atoms with van der Waals surface area (Å²) in [4.78, 5) is 8.82. The molecule has 0 aliphatic rings. The molecular weight excluding hydrogens is 374 g/mol. The van der Waals surface area contributed by atoms with Gasteiger partial charge < -0.3 is 4.52 Å². The third-order valence-electron chi connectivity index (χ3n) is 4.82. The summed E-state index contributed by atoms with van der Waals surface area (Å²) < 4.78 is 7.67. The van der Waals surface area contributed by atoms with Gasteiger partial charge in [0, 0.05) is 30.1 Å². The molecule has 0 saturated carbocycles. The second-order valence-electron chi connectivity index (χ2n) is 8.73. The van der Waals surface area contributed by atoms with E-state index in [1.54, 1.807) is 12.4 Å². The normalized spacial score (nSPS) is 11.7. The SMILES string of the molecule is CCCc1ccc(-c2noc(-c3cnn(CC(C)(C)C)c3-c3ccncc3)n2)cc1. The number of benzene rings is 1. The number of rotatable bonds is 6. The van der Waals surface area contributed by atoms with E-state index in [2.05, 4.69) is 60.1 Å². The van der Waals surface area contributed by atoms with Crippen LogP contribution in [-0.2, 0) is 13.0 Å². The van der Waals surface area contributed by atoms with Gasteiger partial charge in [-0.2, -0.15) is 10.1 Å². The van der Waals surface area contributed by atoms with Crippen LogP contribution < -0.4 is 0 Å². The number of pyridine rings is 1. The third-order valence-corrected chi connectivity index (χ3v) is 4.82. The number of nitrogens with zero attached hydrogens (tertiary/aromatic N) is 5. The Bertz CT molecular complexity index is 1100. The first-order valence-electron chi connectivity index (χ1n) is 10.3. The average molecular weight is 402 g/mol. The minimum Gasteiger partial charge on any atom is -0.333 e. The van der Waals surface area contributed by atoms with Crippen LogP contribution in [0.25, 0.3) is 34.1 Å². The molecule has 3 aromatic heterocycles. The van der Waals surface area contributed by atoms with Crippen LogP contribution in [0.4, 0.5) is 0 Å². The van der Waals surface area contributed by atoms with Gasteiger partial charge >= 0.3 is 0 Å². The Morgan fingerprint density at radius 1 is 0.967 bits per heavy atom. The molecule has 0 aliphatic heterocycles. The van der Waals surface area contributed by atoms with Crippen LogP contribution in [0.2, 0.25) is 0 Å². The standard InChI is InChI=1S/C24H27N5O/c1-5-6-17-7-9-19(10-8-17)22-27-23(30-28-22)20-15-26-29(16-24(2,3)4)21(20)18-11-13-25-14-12-18/h7-15H,5-6,16H2,1-4H3. The summed E-state index contributed by atoms with van der Waals surface area (Å²) in [6, 6.07) is 12.3. The molecule has 1 aromatic carbocycles. The number of aromatic nitrogens is 5. The van der Waals surface area contributed by atoms with Crippen molar-refractivity contribution < 1.29 is 4.52 Å². The predicted molar refractivity (Wildman–Crippen MR) is 118 cm³/mol. The van der Waals surface area contributed by atoms with Crippen molar-refractivity contribution in [3.63, 3.8) is 0 Å². The van der Waals surface area contributed by atoms with Gasteiger partial charge in [-0.1, -0.05) is 63.5 Å². The summed E-state index contributed by atoms with van der Waals surface area (Å²) in [5, 5.41) is 8.86. The Morgan fingerprint density at radius 3 is 2.37 bits per heavy atom. The molecule has 0 radical (unpaired) electrons. The fraction of sp³-hybridized carbons (Fsp3) is 0.333. The van der Waals surface area contributed by atoms with Gasteiger partial charge in [-0.15, -0.1) is 0 Å². The van der Waals surface area contributed by atoms with E-state index in [4.69, 9.17) is 4.52 Å². The second kappa shape index (κ2) is 8.22. The first-order chi connectivity index (χ1) is 14.4. The van der Waals surface area contributed by atoms with E-state index in [-0.39, 0.29) is 5.41 Å². The van der Waals surface area contributed by atoms with E-state index in [0.717, 1.165) is 41.8 Å². The van der Waals surface area contributed by atoms with Gasteiger partial charge in [-0.05, 0) is 29.5 Å². The molecule has 154 valence electrons. The fourth-order valence-corrected chi connectivity index (χ4v) is 3.48. The Balaban J connectivity index is 1.72. The van der Waals surface area contributed by atoms with Gasteiger partial charge in [0.2, 0.25) is 5.82 Å². The lowest BCUT2D eigenvalue weighted by atomic mass is 9.96. The third kappa shape index (κ3) is 4.32. The number of hydrogen-bond donors (Lipinski definition) is 0. The van der Waals surface area contributed by atoms with Crippen molar-refractivity contribution in [2.45, 2.75) is 47.1 Å². The maximum Gasteiger partial charge on any atom is 0.262 e. The Morgan fingerprint density at radius 2 is 1.70 bits per heavy atom. The zero-order chi connectivity index (χ0) is 21.1. The van der Waals surface area contributed by atoms with Crippen molar-refractivity contribution in [1.29, 1.82) is 0 Å². The van der Waals surface area contributed by atoms with Crippen molar-refractivity contribution in [2.24, 2.45) is 5.41 Å². The Hall–Kier alpha value is -3.28. The predicted octanol–water partition coefficient (Wildman–Crippen LogP) is 5.66. The lowest BCUT2D eigenvalue weighted by Crippen LogP contribution is -2.17. The molecule has 0 aliphatic carbocycles. The summed E-state index contributed by atoms with van der Waals surface area (Å²) in [7, 11) is 0. The smallest absolute Gasteiger partial charge is 0.262 e. The van der Waals surface area contributed by atoms with E-state index in [1.807, 2.05) is 35.1 Å². The van der Waals surface area contributed by atoms with Crippen LogP contribution >= 0.6 is 0 Å². The molecule has 4 rings (SSSR count). The van der Waals surface area contributed by atoms with E-state index in [0.29, 0.717) is 11.7 Å². The van der Waals surface area contributed by atoms with E-state index in [1.165, 1.54) is 5.56 Å². The summed E-state index contributed by atoms with van der Waals surface area (Å²) in [6.45, 7) is 9.52. The van der Waals surface area contributed by atoms with Crippen LogP contribution in [0.1, 0.15) is 39.7 Å². The molecule has 3 heterocycles. The highest BCUT2D eigenvalue weighted by Gasteiger charge is 2.23. The van der Waals surface area contributed by atoms with Crippen LogP contribution in [0.15, 0.2) is 59.5 Å². The summed E-state index contributed by atoms with van der Waals surface area (Å²) in [5.74, 6) is 1.05. The zero-order valence-corrected chi connectivity index (χ0v) is 18.0. The molecule has 0 amide bonds. The topological polar surface area (TPSA) is 69.6 Å². The molecule has 0 fully saturated rings. The molecule has 0 saturated heterocycles. The van der Waals surface area contributed by atoms with Crippen molar-refractivity contribution in [2.75, 3.05) is 0 Å². The lowest BCUT2D eigenvalue weighted by Gasteiger charge is -2.20. The van der Waals surface area contributed by atoms with Gasteiger partial charge in [0.15, 0.2) is 0 Å². The van der Waals surface area contributed by atoms with Crippen molar-refractivity contribution in [3.05, 3.63) is 60.6 Å². The van der Waals surface area contributed by atoms with Crippen LogP contribution in [0.3, 0.4) is 0 Å². The quantitative estimate of drug-likeness (QED) is 0.417. The highest BCUT2D eigenvalue weighted by molar-refractivity contribution is 5.77. The molecule has 0 N–H and O–H groups in total. The van der Waals surface area contributed by atoms with Gasteiger partial charge in [-0.25, -0.2) is 0 Å². The van der Waals surface area contributed by atoms with Crippen molar-refractivity contribution in [3.8, 4) is 34.1 Å². The Labute approximate surface area is 177 Å². The zero-order valence-electron chi connectivity index (χ0n) is 18.0. The van der Waals surface area contributed by atoms with Crippen LogP contribution in [0, 0.1) is 5.41 Å². The minimum atomic E-state index is 0.0747. The molecule has 6 nitrogen and oxygen atoms in total. The molecule has 0 bridgehead atoms. The Kier molecular flexibility index (Phi) is 5.48. The molecule has 0 unspecified atom stereocenters. The lowest BCUT2D eigenvalue weighted by molar-refractivity contribution is 0.327. The molecular formula is C24H27N5O. The minimum absolute atomic E-state index is 0.0747.